The number of nitrogens with zero attached hydrogens (tertiary/aromatic N) is 3. The molecule has 7 nitrogen and oxygen atoms in total. The number of hydrogen-bond acceptors (Lipinski definition) is 5. The summed E-state index contributed by atoms with van der Waals surface area (Å²) in [6.45, 7) is 3.25. The number of benzene rings is 1. The molecular weight excluding hydrogens is 270 g/mol. The first-order valence-electron chi connectivity index (χ1n) is 6.81. The van der Waals surface area contributed by atoms with E-state index < -0.39 is 6.10 Å². The van der Waals surface area contributed by atoms with Gasteiger partial charge in [0.25, 0.3) is 5.91 Å². The molecule has 1 unspecified atom stereocenters. The number of aliphatic hydroxyl groups excluding tert-OH is 1. The van der Waals surface area contributed by atoms with Crippen molar-refractivity contribution in [3.63, 3.8) is 0 Å². The second-order valence-electron chi connectivity index (χ2n) is 4.66. The highest BCUT2D eigenvalue weighted by atomic mass is 16.3. The zero-order valence-corrected chi connectivity index (χ0v) is 11.9. The number of amides is 1. The molecule has 0 saturated heterocycles. The van der Waals surface area contributed by atoms with E-state index in [2.05, 4.69) is 20.8 Å². The minimum atomic E-state index is -0.397. The highest BCUT2D eigenvalue weighted by Crippen LogP contribution is 2.03. The molecule has 7 heteroatoms. The predicted molar refractivity (Wildman–Crippen MR) is 78.2 cm³/mol. The number of carbonyl (C=O) groups excluding carboxylic acids is 1. The maximum atomic E-state index is 11.9. The Morgan fingerprint density at radius 1 is 1.33 bits per heavy atom. The molecule has 2 rings (SSSR count). The average molecular weight is 289 g/mol. The highest BCUT2D eigenvalue weighted by molar-refractivity contribution is 5.91. The van der Waals surface area contributed by atoms with Crippen molar-refractivity contribution < 1.29 is 9.90 Å². The first-order chi connectivity index (χ1) is 10.2. The van der Waals surface area contributed by atoms with Gasteiger partial charge in [0.2, 0.25) is 0 Å². The van der Waals surface area contributed by atoms with E-state index in [4.69, 9.17) is 5.11 Å². The summed E-state index contributed by atoms with van der Waals surface area (Å²) in [6.07, 6.45) is 1.04. The molecule has 0 radical (unpaired) electrons. The Kier molecular flexibility index (Phi) is 5.42. The lowest BCUT2D eigenvalue weighted by molar-refractivity contribution is 0.0948. The van der Waals surface area contributed by atoms with Crippen LogP contribution in [0.1, 0.15) is 17.4 Å². The van der Waals surface area contributed by atoms with Crippen molar-refractivity contribution in [3.05, 3.63) is 42.2 Å². The van der Waals surface area contributed by atoms with E-state index >= 15 is 0 Å². The van der Waals surface area contributed by atoms with E-state index in [-0.39, 0.29) is 11.6 Å². The molecule has 1 atom stereocenters. The summed E-state index contributed by atoms with van der Waals surface area (Å²) >= 11 is 0. The molecule has 0 spiro atoms. The van der Waals surface area contributed by atoms with E-state index in [9.17, 15) is 4.79 Å². The highest BCUT2D eigenvalue weighted by Gasteiger charge is 2.10. The number of para-hydroxylation sites is 1. The van der Waals surface area contributed by atoms with Crippen LogP contribution in [0.4, 0.5) is 0 Å². The van der Waals surface area contributed by atoms with Crippen LogP contribution in [0.5, 0.6) is 0 Å². The van der Waals surface area contributed by atoms with Crippen molar-refractivity contribution >= 4 is 5.91 Å². The lowest BCUT2D eigenvalue weighted by Gasteiger charge is -2.07. The predicted octanol–water partition coefficient (Wildman–Crippen LogP) is -0.0325. The molecule has 0 aliphatic carbocycles. The first-order valence-corrected chi connectivity index (χ1v) is 6.81. The van der Waals surface area contributed by atoms with Crippen LogP contribution in [-0.2, 0) is 0 Å². The Morgan fingerprint density at radius 2 is 2.10 bits per heavy atom. The van der Waals surface area contributed by atoms with Gasteiger partial charge in [-0.05, 0) is 19.1 Å². The van der Waals surface area contributed by atoms with Crippen LogP contribution in [-0.4, -0.2) is 51.7 Å². The van der Waals surface area contributed by atoms with Crippen molar-refractivity contribution in [2.24, 2.45) is 0 Å². The minimum Gasteiger partial charge on any atom is -0.392 e. The molecule has 2 aromatic rings. The smallest absolute Gasteiger partial charge is 0.273 e. The number of aromatic nitrogens is 3. The molecule has 1 heterocycles. The van der Waals surface area contributed by atoms with Crippen LogP contribution in [0.3, 0.4) is 0 Å². The van der Waals surface area contributed by atoms with Gasteiger partial charge in [0.15, 0.2) is 5.69 Å². The van der Waals surface area contributed by atoms with Gasteiger partial charge in [0.05, 0.1) is 18.0 Å². The molecule has 1 aromatic heterocycles. The zero-order chi connectivity index (χ0) is 15.1. The summed E-state index contributed by atoms with van der Waals surface area (Å²) in [5.41, 5.74) is 1.07. The fraction of sp³-hybridized carbons (Fsp3) is 0.357. The number of aliphatic hydroxyl groups is 1. The van der Waals surface area contributed by atoms with Crippen molar-refractivity contribution in [2.75, 3.05) is 19.6 Å². The van der Waals surface area contributed by atoms with Gasteiger partial charge in [0, 0.05) is 19.6 Å². The average Bonchev–Trinajstić information content (AvgIpc) is 2.97. The van der Waals surface area contributed by atoms with Gasteiger partial charge < -0.3 is 15.7 Å². The normalized spacial score (nSPS) is 12.1. The van der Waals surface area contributed by atoms with Crippen molar-refractivity contribution in [1.29, 1.82) is 0 Å². The fourth-order valence-corrected chi connectivity index (χ4v) is 1.72. The summed E-state index contributed by atoms with van der Waals surface area (Å²) in [5.74, 6) is -0.268. The Labute approximate surface area is 123 Å². The van der Waals surface area contributed by atoms with E-state index in [1.807, 2.05) is 30.3 Å². The molecule has 1 amide bonds. The molecule has 0 aliphatic rings. The van der Waals surface area contributed by atoms with Gasteiger partial charge in [0.1, 0.15) is 0 Å². The summed E-state index contributed by atoms with van der Waals surface area (Å²) in [6, 6.07) is 9.39. The van der Waals surface area contributed by atoms with E-state index in [1.165, 1.54) is 11.0 Å². The van der Waals surface area contributed by atoms with Crippen LogP contribution in [0.25, 0.3) is 5.69 Å². The Bertz CT molecular complexity index is 568. The molecule has 112 valence electrons. The van der Waals surface area contributed by atoms with Gasteiger partial charge in [-0.25, -0.2) is 0 Å². The minimum absolute atomic E-state index is 0.268. The Hall–Kier alpha value is -2.25. The molecule has 0 saturated carbocycles. The lowest BCUT2D eigenvalue weighted by atomic mass is 10.3. The van der Waals surface area contributed by atoms with Crippen molar-refractivity contribution in [2.45, 2.75) is 13.0 Å². The van der Waals surface area contributed by atoms with Crippen molar-refractivity contribution in [1.82, 2.24) is 25.6 Å². The molecule has 0 aliphatic heterocycles. The number of hydrogen-bond donors (Lipinski definition) is 3. The SMILES string of the molecule is CC(O)CNCCNC(=O)c1cnn(-c2ccccc2)n1. The van der Waals surface area contributed by atoms with Gasteiger partial charge in [-0.2, -0.15) is 9.90 Å². The standard InChI is InChI=1S/C14H19N5O2/c1-11(20)9-15-7-8-16-14(21)13-10-17-19(18-13)12-5-3-2-4-6-12/h2-6,10-11,15,20H,7-9H2,1H3,(H,16,21). The summed E-state index contributed by atoms with van der Waals surface area (Å²) in [7, 11) is 0. The maximum Gasteiger partial charge on any atom is 0.273 e. The fourth-order valence-electron chi connectivity index (χ4n) is 1.72. The third-order valence-electron chi connectivity index (χ3n) is 2.74. The van der Waals surface area contributed by atoms with E-state index in [1.54, 1.807) is 6.92 Å². The van der Waals surface area contributed by atoms with Crippen LogP contribution < -0.4 is 10.6 Å². The maximum absolute atomic E-state index is 11.9. The molecule has 0 bridgehead atoms. The largest absolute Gasteiger partial charge is 0.392 e. The second kappa shape index (κ2) is 7.51. The van der Waals surface area contributed by atoms with Gasteiger partial charge >= 0.3 is 0 Å². The summed E-state index contributed by atoms with van der Waals surface area (Å²) < 4.78 is 0. The summed E-state index contributed by atoms with van der Waals surface area (Å²) in [5, 5.41) is 23.0. The number of rotatable bonds is 7. The van der Waals surface area contributed by atoms with Crippen LogP contribution in [0.2, 0.25) is 0 Å². The van der Waals surface area contributed by atoms with E-state index in [0.717, 1.165) is 5.69 Å². The Morgan fingerprint density at radius 3 is 2.81 bits per heavy atom. The van der Waals surface area contributed by atoms with Crippen LogP contribution in [0, 0.1) is 0 Å². The zero-order valence-electron chi connectivity index (χ0n) is 11.9. The quantitative estimate of drug-likeness (QED) is 0.622. The van der Waals surface area contributed by atoms with Gasteiger partial charge in [-0.1, -0.05) is 18.2 Å². The topological polar surface area (TPSA) is 92.1 Å². The summed E-state index contributed by atoms with van der Waals surface area (Å²) in [4.78, 5) is 13.3. The molecule has 1 aromatic carbocycles. The number of nitrogens with one attached hydrogen (secondary N) is 2. The first kappa shape index (κ1) is 15.1. The molecule has 21 heavy (non-hydrogen) atoms. The van der Waals surface area contributed by atoms with Crippen molar-refractivity contribution in [3.8, 4) is 5.69 Å². The van der Waals surface area contributed by atoms with Gasteiger partial charge in [-0.3, -0.25) is 4.79 Å². The van der Waals surface area contributed by atoms with Gasteiger partial charge in [-0.15, -0.1) is 5.10 Å². The van der Waals surface area contributed by atoms with E-state index in [0.29, 0.717) is 19.6 Å². The van der Waals surface area contributed by atoms with Crippen LogP contribution in [0.15, 0.2) is 36.5 Å². The molecule has 0 fully saturated rings. The second-order valence-corrected chi connectivity index (χ2v) is 4.66. The third kappa shape index (κ3) is 4.66. The molecular formula is C14H19N5O2. The number of carbonyl (C=O) groups is 1. The third-order valence-corrected chi connectivity index (χ3v) is 2.74. The monoisotopic (exact) mass is 289 g/mol. The lowest BCUT2D eigenvalue weighted by Crippen LogP contribution is -2.34. The van der Waals surface area contributed by atoms with Crippen LogP contribution >= 0.6 is 0 Å². The molecule has 3 N–H and O–H groups in total. The Balaban J connectivity index is 1.82.